The molecule has 28 heavy (non-hydrogen) atoms. The Morgan fingerprint density at radius 2 is 1.68 bits per heavy atom. The van der Waals surface area contributed by atoms with Gasteiger partial charge in [-0.2, -0.15) is 8.78 Å². The monoisotopic (exact) mass is 455 g/mol. The predicted octanol–water partition coefficient (Wildman–Crippen LogP) is -2.22. The van der Waals surface area contributed by atoms with E-state index in [1.54, 1.807) is 0 Å². The van der Waals surface area contributed by atoms with E-state index >= 15 is 0 Å². The van der Waals surface area contributed by atoms with Crippen LogP contribution in [0.2, 0.25) is 0 Å². The van der Waals surface area contributed by atoms with Gasteiger partial charge in [-0.25, -0.2) is 13.0 Å². The van der Waals surface area contributed by atoms with Gasteiger partial charge in [-0.15, -0.1) is 0 Å². The molecular weight excluding hydrogens is 441 g/mol. The summed E-state index contributed by atoms with van der Waals surface area (Å²) in [6, 6.07) is -0.0101. The van der Waals surface area contributed by atoms with Gasteiger partial charge in [-0.05, 0) is 12.8 Å². The minimum Gasteiger partial charge on any atom is -0.709 e. The maximum absolute atomic E-state index is 13.4. The van der Waals surface area contributed by atoms with Gasteiger partial charge in [0.1, 0.15) is 14.5 Å². The molecule has 0 bridgehead atoms. The van der Waals surface area contributed by atoms with Crippen molar-refractivity contribution in [2.45, 2.75) is 25.7 Å². The number of unbranched alkanes of at least 4 members (excludes halogenated alkanes) is 2. The summed E-state index contributed by atoms with van der Waals surface area (Å²) < 4.78 is 71.3. The zero-order valence-electron chi connectivity index (χ0n) is 14.6. The quantitative estimate of drug-likeness (QED) is 0.0623. The number of carbonyl (C=O) groups is 2. The normalized spacial score (nSPS) is 12.6. The van der Waals surface area contributed by atoms with Crippen LogP contribution in [0.15, 0.2) is 6.07 Å². The summed E-state index contributed by atoms with van der Waals surface area (Å²) in [5, 5.41) is 12.3. The van der Waals surface area contributed by atoms with Crippen molar-refractivity contribution in [3.8, 4) is 5.75 Å². The molecule has 1 aromatic rings. The molecule has 0 radical (unpaired) electrons. The molecule has 0 fully saturated rings. The molecule has 0 aliphatic carbocycles. The SMILES string of the molecule is O=C(CS(=O)(=S)O[O-])NCCCCCC(=O)Oc1c(F)c(F)cc(F)c1F.[Na+]. The number of nitrogens with one attached hydrogen (secondary N) is 1. The number of esters is 1. The summed E-state index contributed by atoms with van der Waals surface area (Å²) in [6.45, 7) is 0.121. The van der Waals surface area contributed by atoms with Crippen LogP contribution in [-0.4, -0.2) is 28.4 Å². The van der Waals surface area contributed by atoms with Crippen molar-refractivity contribution in [2.24, 2.45) is 0 Å². The average molecular weight is 455 g/mol. The summed E-state index contributed by atoms with van der Waals surface area (Å²) >= 11 is 4.24. The molecule has 152 valence electrons. The first-order chi connectivity index (χ1) is 12.6. The van der Waals surface area contributed by atoms with Crippen LogP contribution in [0.3, 0.4) is 0 Å². The molecule has 0 aromatic heterocycles. The second-order valence-corrected chi connectivity index (χ2v) is 8.27. The maximum Gasteiger partial charge on any atom is 1.00 e. The van der Waals surface area contributed by atoms with Gasteiger partial charge in [0.2, 0.25) is 23.3 Å². The zero-order valence-corrected chi connectivity index (χ0v) is 18.2. The van der Waals surface area contributed by atoms with Gasteiger partial charge in [-0.1, -0.05) is 6.42 Å². The number of rotatable bonds is 10. The largest absolute Gasteiger partial charge is 1.00 e. The Morgan fingerprint density at radius 1 is 1.11 bits per heavy atom. The van der Waals surface area contributed by atoms with Crippen molar-refractivity contribution in [3.05, 3.63) is 29.3 Å². The van der Waals surface area contributed by atoms with E-state index in [-0.39, 0.29) is 55.0 Å². The van der Waals surface area contributed by atoms with E-state index in [2.05, 4.69) is 25.6 Å². The Balaban J connectivity index is 0.00000729. The molecule has 0 saturated carbocycles. The number of ether oxygens (including phenoxy) is 1. The maximum atomic E-state index is 13.4. The molecule has 0 heterocycles. The van der Waals surface area contributed by atoms with Gasteiger partial charge in [0.05, 0.1) is 0 Å². The third kappa shape index (κ3) is 9.11. The second kappa shape index (κ2) is 12.7. The molecule has 14 heteroatoms. The molecule has 0 saturated heterocycles. The molecule has 0 spiro atoms. The number of hydrogen-bond acceptors (Lipinski definition) is 7. The summed E-state index contributed by atoms with van der Waals surface area (Å²) in [7, 11) is -3.63. The second-order valence-electron chi connectivity index (χ2n) is 5.20. The summed E-state index contributed by atoms with van der Waals surface area (Å²) in [5.74, 6) is -11.1. The number of benzene rings is 1. The first kappa shape index (κ1) is 27.2. The summed E-state index contributed by atoms with van der Waals surface area (Å²) in [4.78, 5) is 22.8. The van der Waals surface area contributed by atoms with Crippen LogP contribution >= 0.6 is 0 Å². The van der Waals surface area contributed by atoms with E-state index < -0.39 is 55.4 Å². The van der Waals surface area contributed by atoms with Gasteiger partial charge < -0.3 is 19.6 Å². The third-order valence-corrected chi connectivity index (χ3v) is 4.42. The first-order valence-electron chi connectivity index (χ1n) is 7.42. The molecule has 1 rings (SSSR count). The van der Waals surface area contributed by atoms with Crippen molar-refractivity contribution in [3.63, 3.8) is 0 Å². The number of carbonyl (C=O) groups excluding carboxylic acids is 2. The number of amides is 1. The van der Waals surface area contributed by atoms with Crippen LogP contribution in [-0.2, 0) is 33.9 Å². The van der Waals surface area contributed by atoms with E-state index in [0.29, 0.717) is 12.8 Å². The van der Waals surface area contributed by atoms with E-state index in [9.17, 15) is 36.6 Å². The fraction of sp³-hybridized carbons (Fsp3) is 0.429. The molecule has 1 N–H and O–H groups in total. The minimum atomic E-state index is -3.63. The molecule has 1 amide bonds. The van der Waals surface area contributed by atoms with Crippen molar-refractivity contribution >= 4 is 31.8 Å². The van der Waals surface area contributed by atoms with E-state index in [1.165, 1.54) is 0 Å². The van der Waals surface area contributed by atoms with E-state index in [4.69, 9.17) is 0 Å². The van der Waals surface area contributed by atoms with E-state index in [1.807, 2.05) is 0 Å². The standard InChI is InChI=1S/C14H15F4NO6S2.Na/c15-8-6-9(16)13(18)14(12(8)17)24-11(21)4-2-1-3-5-19-10(20)7-27(23,26)25-22;/h6,22H,1-5,7H2,(H,19,20);/q;+1/p-1. The van der Waals surface area contributed by atoms with Gasteiger partial charge in [0.15, 0.2) is 11.6 Å². The van der Waals surface area contributed by atoms with Gasteiger partial charge in [0.25, 0.3) is 0 Å². The fourth-order valence-electron chi connectivity index (χ4n) is 1.84. The Kier molecular flexibility index (Phi) is 12.3. The van der Waals surface area contributed by atoms with Gasteiger partial charge in [0, 0.05) is 30.2 Å². The Bertz CT molecular complexity index is 783. The smallest absolute Gasteiger partial charge is 0.709 e. The summed E-state index contributed by atoms with van der Waals surface area (Å²) in [6.07, 6.45) is 0.637. The van der Waals surface area contributed by atoms with Crippen LogP contribution in [0.25, 0.3) is 0 Å². The van der Waals surface area contributed by atoms with Crippen LogP contribution in [0.4, 0.5) is 17.6 Å². The molecule has 1 unspecified atom stereocenters. The summed E-state index contributed by atoms with van der Waals surface area (Å²) in [5.41, 5.74) is 0. The van der Waals surface area contributed by atoms with Crippen molar-refractivity contribution in [2.75, 3.05) is 12.3 Å². The van der Waals surface area contributed by atoms with Crippen molar-refractivity contribution in [1.82, 2.24) is 5.32 Å². The Morgan fingerprint density at radius 3 is 2.21 bits per heavy atom. The van der Waals surface area contributed by atoms with Gasteiger partial charge >= 0.3 is 35.5 Å². The van der Waals surface area contributed by atoms with Crippen LogP contribution < -0.4 is 44.9 Å². The molecule has 1 aromatic carbocycles. The van der Waals surface area contributed by atoms with Crippen molar-refractivity contribution < 1.29 is 75.2 Å². The Hall–Kier alpha value is -0.830. The predicted molar refractivity (Wildman–Crippen MR) is 84.8 cm³/mol. The number of hydrogen-bond donors (Lipinski definition) is 1. The average Bonchev–Trinajstić information content (AvgIpc) is 2.59. The minimum absolute atomic E-state index is 0. The first-order valence-corrected chi connectivity index (χ1v) is 9.99. The fourth-order valence-corrected chi connectivity index (χ4v) is 2.63. The Labute approximate surface area is 184 Å². The third-order valence-electron chi connectivity index (χ3n) is 3.08. The zero-order chi connectivity index (χ0) is 20.6. The topological polar surface area (TPSA) is 105 Å². The molecule has 0 aliphatic heterocycles. The molecular formula is C14H14F4NNaO6S2. The van der Waals surface area contributed by atoms with Crippen LogP contribution in [0.5, 0.6) is 5.75 Å². The molecule has 7 nitrogen and oxygen atoms in total. The van der Waals surface area contributed by atoms with Crippen molar-refractivity contribution in [1.29, 1.82) is 0 Å². The van der Waals surface area contributed by atoms with E-state index in [0.717, 1.165) is 0 Å². The van der Waals surface area contributed by atoms with Gasteiger partial charge in [-0.3, -0.25) is 9.59 Å². The molecule has 1 atom stereocenters. The van der Waals surface area contributed by atoms with Crippen LogP contribution in [0, 0.1) is 23.3 Å². The van der Waals surface area contributed by atoms with Crippen LogP contribution in [0.1, 0.15) is 25.7 Å². The number of halogens is 4. The molecule has 0 aliphatic rings.